The van der Waals surface area contributed by atoms with E-state index in [9.17, 15) is 0 Å². The van der Waals surface area contributed by atoms with Crippen molar-refractivity contribution in [3.8, 4) is 0 Å². The van der Waals surface area contributed by atoms with Gasteiger partial charge in [-0.25, -0.2) is 0 Å². The summed E-state index contributed by atoms with van der Waals surface area (Å²) >= 11 is 0. The van der Waals surface area contributed by atoms with Gasteiger partial charge < -0.3 is 0 Å². The molecule has 0 nitrogen and oxygen atoms in total. The topological polar surface area (TPSA) is 0 Å². The highest BCUT2D eigenvalue weighted by Gasteiger charge is 2.19. The van der Waals surface area contributed by atoms with Crippen LogP contribution in [0.2, 0.25) is 0 Å². The van der Waals surface area contributed by atoms with E-state index in [1.807, 2.05) is 0 Å². The Morgan fingerprint density at radius 3 is 2.18 bits per heavy atom. The number of benzene rings is 1. The van der Waals surface area contributed by atoms with Gasteiger partial charge in [-0.2, -0.15) is 0 Å². The van der Waals surface area contributed by atoms with Crippen LogP contribution in [0.1, 0.15) is 97.1 Å². The molecule has 28 heavy (non-hydrogen) atoms. The van der Waals surface area contributed by atoms with Gasteiger partial charge >= 0.3 is 0 Å². The van der Waals surface area contributed by atoms with Gasteiger partial charge in [0.2, 0.25) is 0 Å². The largest absolute Gasteiger partial charge is 0.0952 e. The van der Waals surface area contributed by atoms with E-state index in [0.717, 1.165) is 24.7 Å². The molecule has 1 fully saturated rings. The van der Waals surface area contributed by atoms with Crippen molar-refractivity contribution in [2.24, 2.45) is 17.8 Å². The fraction of sp³-hybridized carbons (Fsp3) is 0.571. The predicted molar refractivity (Wildman–Crippen MR) is 127 cm³/mol. The molecule has 0 N–H and O–H groups in total. The van der Waals surface area contributed by atoms with Crippen molar-refractivity contribution in [2.45, 2.75) is 86.0 Å². The van der Waals surface area contributed by atoms with Crippen LogP contribution in [-0.2, 0) is 0 Å². The van der Waals surface area contributed by atoms with Crippen LogP contribution in [-0.4, -0.2) is 0 Å². The molecule has 1 unspecified atom stereocenters. The molecule has 0 aromatic heterocycles. The average Bonchev–Trinajstić information content (AvgIpc) is 2.73. The lowest BCUT2D eigenvalue weighted by molar-refractivity contribution is 0.266. The van der Waals surface area contributed by atoms with Gasteiger partial charge in [-0.1, -0.05) is 102 Å². The van der Waals surface area contributed by atoms with Crippen LogP contribution in [0.4, 0.5) is 0 Å². The van der Waals surface area contributed by atoms with Gasteiger partial charge in [0, 0.05) is 0 Å². The first-order valence-corrected chi connectivity index (χ1v) is 11.6. The minimum Gasteiger partial charge on any atom is -0.0952 e. The molecular weight excluding hydrogens is 336 g/mol. The molecule has 0 aliphatic heterocycles. The van der Waals surface area contributed by atoms with Crippen LogP contribution in [0.5, 0.6) is 0 Å². The van der Waals surface area contributed by atoms with Crippen molar-refractivity contribution >= 4 is 11.1 Å². The van der Waals surface area contributed by atoms with Crippen LogP contribution in [0.15, 0.2) is 48.6 Å². The highest BCUT2D eigenvalue weighted by Crippen LogP contribution is 2.33. The van der Waals surface area contributed by atoms with Gasteiger partial charge in [-0.15, -0.1) is 0 Å². The quantitative estimate of drug-likeness (QED) is 0.376. The highest BCUT2D eigenvalue weighted by molar-refractivity contribution is 5.69. The third kappa shape index (κ3) is 6.80. The molecule has 1 aliphatic carbocycles. The fourth-order valence-corrected chi connectivity index (χ4v) is 4.42. The van der Waals surface area contributed by atoms with Gasteiger partial charge in [0.1, 0.15) is 0 Å². The number of hydrogen-bond donors (Lipinski definition) is 0. The maximum Gasteiger partial charge on any atom is -0.0227 e. The SMILES string of the molecule is C=C(CC)c1ccc(/C(C)=C/C=C(/CC)C(C)CCC2CCC(C)CC2)cc1. The summed E-state index contributed by atoms with van der Waals surface area (Å²) in [5.41, 5.74) is 6.72. The van der Waals surface area contributed by atoms with E-state index in [0.29, 0.717) is 5.92 Å². The molecular formula is C28H42. The maximum absolute atomic E-state index is 4.14. The summed E-state index contributed by atoms with van der Waals surface area (Å²) in [6, 6.07) is 8.87. The fourth-order valence-electron chi connectivity index (χ4n) is 4.42. The maximum atomic E-state index is 4.14. The monoisotopic (exact) mass is 378 g/mol. The Labute approximate surface area is 174 Å². The molecule has 1 aromatic carbocycles. The molecule has 0 bridgehead atoms. The summed E-state index contributed by atoms with van der Waals surface area (Å²) in [6.45, 7) is 15.7. The van der Waals surface area contributed by atoms with Gasteiger partial charge in [0.15, 0.2) is 0 Å². The van der Waals surface area contributed by atoms with E-state index in [4.69, 9.17) is 0 Å². The van der Waals surface area contributed by atoms with Crippen molar-refractivity contribution in [1.29, 1.82) is 0 Å². The third-order valence-electron chi connectivity index (χ3n) is 6.91. The van der Waals surface area contributed by atoms with Crippen molar-refractivity contribution < 1.29 is 0 Å². The van der Waals surface area contributed by atoms with Crippen LogP contribution in [0.25, 0.3) is 11.1 Å². The zero-order valence-corrected chi connectivity index (χ0v) is 19.1. The zero-order valence-electron chi connectivity index (χ0n) is 19.1. The molecule has 0 saturated heterocycles. The molecule has 1 saturated carbocycles. The summed E-state index contributed by atoms with van der Waals surface area (Å²) in [4.78, 5) is 0. The van der Waals surface area contributed by atoms with Crippen LogP contribution >= 0.6 is 0 Å². The first kappa shape index (κ1) is 22.7. The standard InChI is InChI=1S/C28H42/c1-7-22(4)27-17-19-28(20-18-27)24(6)12-16-26(8-2)23(5)11-15-25-13-9-21(3)10-14-25/h12,16-21,23,25H,4,7-11,13-15H2,1-3,5-6H3/b24-12+,26-16-. The minimum atomic E-state index is 0.698. The second-order valence-electron chi connectivity index (χ2n) is 9.08. The third-order valence-corrected chi connectivity index (χ3v) is 6.91. The lowest BCUT2D eigenvalue weighted by Gasteiger charge is -2.27. The Balaban J connectivity index is 1.95. The Bertz CT molecular complexity index is 662. The van der Waals surface area contributed by atoms with E-state index >= 15 is 0 Å². The Morgan fingerprint density at radius 1 is 1.00 bits per heavy atom. The van der Waals surface area contributed by atoms with Crippen molar-refractivity contribution in [2.75, 3.05) is 0 Å². The van der Waals surface area contributed by atoms with Crippen molar-refractivity contribution in [1.82, 2.24) is 0 Å². The van der Waals surface area contributed by atoms with E-state index in [1.54, 1.807) is 5.57 Å². The van der Waals surface area contributed by atoms with Gasteiger partial charge in [-0.3, -0.25) is 0 Å². The van der Waals surface area contributed by atoms with E-state index in [1.165, 1.54) is 60.8 Å². The minimum absolute atomic E-state index is 0.698. The summed E-state index contributed by atoms with van der Waals surface area (Å²) in [5, 5.41) is 0. The lowest BCUT2D eigenvalue weighted by atomic mass is 9.79. The molecule has 0 amide bonds. The number of rotatable bonds is 9. The van der Waals surface area contributed by atoms with E-state index in [2.05, 4.69) is 77.6 Å². The summed E-state index contributed by atoms with van der Waals surface area (Å²) in [6.07, 6.45) is 15.4. The lowest BCUT2D eigenvalue weighted by Crippen LogP contribution is -2.13. The van der Waals surface area contributed by atoms with Crippen LogP contribution < -0.4 is 0 Å². The number of allylic oxidation sites excluding steroid dienone is 5. The second kappa shape index (κ2) is 11.4. The molecule has 1 aromatic rings. The average molecular weight is 379 g/mol. The highest BCUT2D eigenvalue weighted by atomic mass is 14.2. The molecule has 2 rings (SSSR count). The molecule has 1 aliphatic rings. The molecule has 0 heteroatoms. The predicted octanol–water partition coefficient (Wildman–Crippen LogP) is 9.09. The molecule has 1 atom stereocenters. The van der Waals surface area contributed by atoms with E-state index < -0.39 is 0 Å². The Kier molecular flexibility index (Phi) is 9.29. The van der Waals surface area contributed by atoms with Gasteiger partial charge in [0.25, 0.3) is 0 Å². The first-order chi connectivity index (χ1) is 13.4. The van der Waals surface area contributed by atoms with Crippen molar-refractivity contribution in [3.63, 3.8) is 0 Å². The second-order valence-corrected chi connectivity index (χ2v) is 9.08. The van der Waals surface area contributed by atoms with Gasteiger partial charge in [-0.05, 0) is 72.6 Å². The molecule has 0 spiro atoms. The number of hydrogen-bond acceptors (Lipinski definition) is 0. The smallest absolute Gasteiger partial charge is 0.0227 e. The Morgan fingerprint density at radius 2 is 1.61 bits per heavy atom. The Hall–Kier alpha value is -1.56. The van der Waals surface area contributed by atoms with Gasteiger partial charge in [0.05, 0.1) is 0 Å². The summed E-state index contributed by atoms with van der Waals surface area (Å²) in [7, 11) is 0. The zero-order chi connectivity index (χ0) is 20.5. The molecule has 154 valence electrons. The normalized spacial score (nSPS) is 22.2. The summed E-state index contributed by atoms with van der Waals surface area (Å²) < 4.78 is 0. The van der Waals surface area contributed by atoms with E-state index in [-0.39, 0.29) is 0 Å². The molecule has 0 heterocycles. The summed E-state index contributed by atoms with van der Waals surface area (Å²) in [5.74, 6) is 2.64. The molecule has 0 radical (unpaired) electrons. The van der Waals surface area contributed by atoms with Crippen LogP contribution in [0, 0.1) is 17.8 Å². The van der Waals surface area contributed by atoms with Crippen LogP contribution in [0.3, 0.4) is 0 Å². The van der Waals surface area contributed by atoms with Crippen molar-refractivity contribution in [3.05, 3.63) is 59.7 Å². The first-order valence-electron chi connectivity index (χ1n) is 11.6.